The molecule has 0 unspecified atom stereocenters. The number of halogens is 13. The zero-order chi connectivity index (χ0) is 73.0. The van der Waals surface area contributed by atoms with E-state index in [4.69, 9.17) is 54.7 Å². The van der Waals surface area contributed by atoms with Crippen LogP contribution >= 0.6 is 78.5 Å². The Morgan fingerprint density at radius 2 is 0.806 bits per heavy atom. The summed E-state index contributed by atoms with van der Waals surface area (Å²) in [4.78, 5) is 0. The number of hydrogen-bond acceptors (Lipinski definition) is 16. The number of nitrogens with two attached hydrogens (primary N) is 1. The molecule has 3 saturated carbocycles. The van der Waals surface area contributed by atoms with Crippen LogP contribution in [0, 0.1) is 63.1 Å². The number of rotatable bonds is 29. The van der Waals surface area contributed by atoms with Crippen molar-refractivity contribution in [2.75, 3.05) is 84.8 Å². The second-order valence-corrected chi connectivity index (χ2v) is 34.1. The van der Waals surface area contributed by atoms with Crippen LogP contribution in [0.1, 0.15) is 91.2 Å². The van der Waals surface area contributed by atoms with Crippen molar-refractivity contribution in [2.24, 2.45) is 0 Å². The molecule has 6 aromatic carbocycles. The van der Waals surface area contributed by atoms with Crippen molar-refractivity contribution in [1.29, 1.82) is 0 Å². The molecule has 6 aromatic rings. The Balaban J connectivity index is 0.000000216. The summed E-state index contributed by atoms with van der Waals surface area (Å²) in [5.41, 5.74) is 4.65. The second kappa shape index (κ2) is 35.2. The average Bonchev–Trinajstić information content (AvgIpc) is 1.55. The maximum atomic E-state index is 14.9. The van der Waals surface area contributed by atoms with Crippen LogP contribution in [-0.4, -0.2) is 138 Å². The van der Waals surface area contributed by atoms with Gasteiger partial charge in [-0.3, -0.25) is 9.44 Å². The van der Waals surface area contributed by atoms with Gasteiger partial charge in [0.05, 0.1) is 90.8 Å². The smallest absolute Gasteiger partial charge is 0.238 e. The lowest BCUT2D eigenvalue weighted by Crippen LogP contribution is -2.35. The summed E-state index contributed by atoms with van der Waals surface area (Å²) >= 11 is 5.80. The first-order valence-corrected chi connectivity index (χ1v) is 38.0. The number of aliphatic hydroxyl groups is 2. The minimum absolute atomic E-state index is 0.0237. The van der Waals surface area contributed by atoms with Gasteiger partial charge in [-0.15, -0.1) is 0 Å². The quantitative estimate of drug-likeness (QED) is 0.0127. The van der Waals surface area contributed by atoms with E-state index in [0.717, 1.165) is 12.1 Å². The van der Waals surface area contributed by atoms with Crippen LogP contribution in [-0.2, 0) is 67.3 Å². The number of nitrogens with one attached hydrogen (secondary N) is 2. The number of nitrogen functional groups attached to an aromatic ring is 1. The summed E-state index contributed by atoms with van der Waals surface area (Å²) in [6, 6.07) is 15.4. The SMILES string of the molecule is COC[C@@H](CC1(S(=O)(=O)Cl)CC1)OC.COC[C@@H](CC1(S(=O)(=O)Nc2c(OC)cc(F)c(F)c2Cc2ccc(I)cc2F)CC1)OC.COc1cc(F)c(F)c(Cc2ccc(I)cc2F)c1N.COc1cc(F)c(F)c(Cc2ccc(I)cc2F)c1NS(=O)(=O)C1(C[C@@H](O)CO)CC1. The number of aliphatic hydroxyl groups excluding tert-OH is 2. The molecule has 0 aliphatic heterocycles. The predicted octanol–water partition coefficient (Wildman–Crippen LogP) is 13.0. The van der Waals surface area contributed by atoms with Crippen LogP contribution in [0.4, 0.5) is 56.6 Å². The molecule has 0 saturated heterocycles. The zero-order valence-corrected chi connectivity index (χ0v) is 63.4. The van der Waals surface area contributed by atoms with Crippen molar-refractivity contribution >= 4 is 125 Å². The predicted molar refractivity (Wildman–Crippen MR) is 377 cm³/mol. The van der Waals surface area contributed by atoms with Crippen molar-refractivity contribution in [2.45, 2.75) is 110 Å². The number of benzene rings is 6. The van der Waals surface area contributed by atoms with Gasteiger partial charge in [-0.1, -0.05) is 18.2 Å². The monoisotopic (exact) mass is 1810 g/mol. The van der Waals surface area contributed by atoms with Crippen LogP contribution in [0.2, 0.25) is 0 Å². The lowest BCUT2D eigenvalue weighted by molar-refractivity contribution is 0.0218. The van der Waals surface area contributed by atoms with Crippen molar-refractivity contribution in [1.82, 2.24) is 0 Å². The Morgan fingerprint density at radius 1 is 0.490 bits per heavy atom. The molecule has 542 valence electrons. The number of ether oxygens (including phenoxy) is 7. The molecule has 3 atom stereocenters. The molecule has 9 rings (SSSR count). The largest absolute Gasteiger partial charge is 0.494 e. The van der Waals surface area contributed by atoms with E-state index >= 15 is 0 Å². The van der Waals surface area contributed by atoms with Gasteiger partial charge in [0.25, 0.3) is 0 Å². The van der Waals surface area contributed by atoms with E-state index in [1.807, 2.05) is 67.8 Å². The Morgan fingerprint density at radius 3 is 1.10 bits per heavy atom. The third kappa shape index (κ3) is 20.5. The third-order valence-corrected chi connectivity index (χ3v) is 25.6. The first kappa shape index (κ1) is 82.5. The van der Waals surface area contributed by atoms with Gasteiger partial charge in [-0.05, 0) is 179 Å². The molecule has 0 amide bonds. The van der Waals surface area contributed by atoms with Gasteiger partial charge in [0.15, 0.2) is 34.9 Å². The molecule has 34 heteroatoms. The minimum Gasteiger partial charge on any atom is -0.494 e. The Hall–Kier alpha value is -4.42. The molecule has 3 aliphatic rings. The molecule has 3 fully saturated rings. The third-order valence-electron chi connectivity index (χ3n) is 16.6. The fourth-order valence-electron chi connectivity index (χ4n) is 10.5. The maximum absolute atomic E-state index is 14.9. The number of sulfonamides is 2. The van der Waals surface area contributed by atoms with Gasteiger partial charge in [0, 0.05) is 104 Å². The summed E-state index contributed by atoms with van der Waals surface area (Å²) in [5, 5.41) is 18.8. The fraction of sp³-hybridized carbons (Fsp3) is 0.438. The van der Waals surface area contributed by atoms with E-state index in [2.05, 4.69) is 9.44 Å². The number of anilines is 3. The Kier molecular flexibility index (Phi) is 29.6. The fourth-order valence-corrected chi connectivity index (χ4v) is 17.0. The van der Waals surface area contributed by atoms with Gasteiger partial charge in [0.2, 0.25) is 29.1 Å². The summed E-state index contributed by atoms with van der Waals surface area (Å²) < 4.78 is 242. The molecule has 98 heavy (non-hydrogen) atoms. The van der Waals surface area contributed by atoms with Crippen LogP contribution in [0.3, 0.4) is 0 Å². The Bertz CT molecular complexity index is 4170. The molecule has 0 heterocycles. The van der Waals surface area contributed by atoms with Crippen LogP contribution in [0.25, 0.3) is 0 Å². The van der Waals surface area contributed by atoms with E-state index in [1.54, 1.807) is 32.4 Å². The van der Waals surface area contributed by atoms with E-state index < -0.39 is 126 Å². The summed E-state index contributed by atoms with van der Waals surface area (Å²) in [6.07, 6.45) is -0.0147. The van der Waals surface area contributed by atoms with E-state index in [1.165, 1.54) is 71.9 Å². The van der Waals surface area contributed by atoms with Gasteiger partial charge in [-0.25, -0.2) is 64.8 Å². The van der Waals surface area contributed by atoms with E-state index in [0.29, 0.717) is 55.5 Å². The van der Waals surface area contributed by atoms with Gasteiger partial charge in [-0.2, -0.15) is 0 Å². The van der Waals surface area contributed by atoms with Crippen molar-refractivity contribution in [3.8, 4) is 17.2 Å². The van der Waals surface area contributed by atoms with Crippen LogP contribution in [0.5, 0.6) is 17.2 Å². The van der Waals surface area contributed by atoms with E-state index in [9.17, 15) is 69.9 Å². The lowest BCUT2D eigenvalue weighted by Gasteiger charge is -2.24. The van der Waals surface area contributed by atoms with Gasteiger partial charge in [0.1, 0.15) is 34.7 Å². The molecule has 0 radical (unpaired) electrons. The minimum atomic E-state index is -4.19. The maximum Gasteiger partial charge on any atom is 0.238 e. The van der Waals surface area contributed by atoms with Crippen LogP contribution in [0.15, 0.2) is 72.8 Å². The van der Waals surface area contributed by atoms with Gasteiger partial charge >= 0.3 is 0 Å². The molecular weight excluding hydrogens is 1730 g/mol. The molecule has 0 bridgehead atoms. The zero-order valence-electron chi connectivity index (χ0n) is 53.7. The van der Waals surface area contributed by atoms with Crippen molar-refractivity contribution < 1.29 is 108 Å². The first-order valence-electron chi connectivity index (χ1n) is 29.5. The standard InChI is InChI=1S/C22H25F3INO5S.C20H21F3INO5S.C14H11F3INO.C8H15ClO4S/c1-30-12-15(31-2)11-22(6-7-22)33(28,29)27-21-16(20(25)18(24)10-19(21)32-3)8-13-4-5-14(26)9-17(13)23;1-30-17-8-16(22)18(23)14(6-11-2-3-12(24)7-15(11)21)19(17)25-31(28,29)20(4-5-20)9-13(27)10-26;1-20-12-6-11(16)13(17)9(14(12)19)4-7-2-3-8(18)5-10(7)15;1-12-6-7(13-2)5-8(3-4-8)14(9,10)11/h4-5,9-10,15,27H,6-8,11-12H2,1-3H3;2-3,7-8,13,25-27H,4-6,9-10H2,1H3;2-3,5-6H,4,19H2,1H3;7H,3-6H2,1-2H3/t15-;13-;;7-/m11.1/s1. The highest BCUT2D eigenvalue weighted by atomic mass is 127. The van der Waals surface area contributed by atoms with Crippen molar-refractivity contribution in [3.63, 3.8) is 0 Å². The second-order valence-electron chi connectivity index (χ2n) is 23.2. The Labute approximate surface area is 608 Å². The highest BCUT2D eigenvalue weighted by Gasteiger charge is 2.58. The summed E-state index contributed by atoms with van der Waals surface area (Å²) in [7, 11) is 3.37. The lowest BCUT2D eigenvalue weighted by atomic mass is 10.0. The molecule has 0 aromatic heterocycles. The summed E-state index contributed by atoms with van der Waals surface area (Å²) in [5.74, 6) is -9.41. The highest BCUT2D eigenvalue weighted by molar-refractivity contribution is 14.1. The van der Waals surface area contributed by atoms with Crippen molar-refractivity contribution in [3.05, 3.63) is 169 Å². The number of methoxy groups -OCH3 is 7. The topological polar surface area (TPSA) is 258 Å². The average molecular weight is 1810 g/mol. The normalized spacial score (nSPS) is 15.7. The number of hydrogen-bond donors (Lipinski definition) is 5. The van der Waals surface area contributed by atoms with E-state index in [-0.39, 0.29) is 113 Å². The molecular formula is C64H72ClF9I3N3O15S3. The van der Waals surface area contributed by atoms with Gasteiger partial charge < -0.3 is 49.1 Å². The molecule has 6 N–H and O–H groups in total. The molecule has 18 nitrogen and oxygen atoms in total. The van der Waals surface area contributed by atoms with Crippen LogP contribution < -0.4 is 29.4 Å². The molecule has 3 aliphatic carbocycles. The molecule has 0 spiro atoms. The first-order chi connectivity index (χ1) is 46.0. The summed E-state index contributed by atoms with van der Waals surface area (Å²) in [6.45, 7) is -0.00659. The highest BCUT2D eigenvalue weighted by Crippen LogP contribution is 2.52.